The fraction of sp³-hybridized carbons (Fsp3) is 0.435. The quantitative estimate of drug-likeness (QED) is 0.814. The van der Waals surface area contributed by atoms with Crippen molar-refractivity contribution in [3.8, 4) is 0 Å². The second kappa shape index (κ2) is 7.63. The lowest BCUT2D eigenvalue weighted by molar-refractivity contribution is -0.138. The van der Waals surface area contributed by atoms with Gasteiger partial charge in [-0.15, -0.1) is 0 Å². The van der Waals surface area contributed by atoms with Crippen molar-refractivity contribution in [3.63, 3.8) is 0 Å². The minimum absolute atomic E-state index is 0.0000247. The van der Waals surface area contributed by atoms with E-state index in [1.807, 2.05) is 18.2 Å². The van der Waals surface area contributed by atoms with Crippen molar-refractivity contribution in [3.05, 3.63) is 71.8 Å². The van der Waals surface area contributed by atoms with E-state index in [9.17, 15) is 4.79 Å². The van der Waals surface area contributed by atoms with Crippen LogP contribution in [-0.2, 0) is 11.3 Å². The summed E-state index contributed by atoms with van der Waals surface area (Å²) in [5, 5.41) is 0. The smallest absolute Gasteiger partial charge is 0.230 e. The summed E-state index contributed by atoms with van der Waals surface area (Å²) in [5.41, 5.74) is 2.52. The fourth-order valence-electron chi connectivity index (χ4n) is 4.74. The molecule has 2 aromatic carbocycles. The third kappa shape index (κ3) is 3.41. The zero-order valence-electron chi connectivity index (χ0n) is 15.6. The number of benzene rings is 2. The first-order valence-electron chi connectivity index (χ1n) is 9.89. The number of carbonyl (C=O) groups excluding carboxylic acids is 1. The molecule has 2 aliphatic rings. The van der Waals surface area contributed by atoms with E-state index in [-0.39, 0.29) is 5.92 Å². The second-order valence-corrected chi connectivity index (χ2v) is 7.68. The Bertz CT molecular complexity index is 716. The summed E-state index contributed by atoms with van der Waals surface area (Å²) in [6, 6.07) is 21.7. The maximum Gasteiger partial charge on any atom is 0.230 e. The van der Waals surface area contributed by atoms with Crippen LogP contribution in [0.4, 0.5) is 0 Å². The van der Waals surface area contributed by atoms with Crippen LogP contribution in [0, 0.1) is 0 Å². The number of rotatable bonds is 5. The molecule has 0 aromatic heterocycles. The summed E-state index contributed by atoms with van der Waals surface area (Å²) in [4.78, 5) is 18.1. The average Bonchev–Trinajstić information content (AvgIpc) is 2.95. The lowest BCUT2D eigenvalue weighted by atomic mass is 9.94. The Hall–Kier alpha value is -2.13. The van der Waals surface area contributed by atoms with Gasteiger partial charge in [0.1, 0.15) is 0 Å². The zero-order chi connectivity index (χ0) is 17.9. The maximum absolute atomic E-state index is 13.4. The first kappa shape index (κ1) is 17.3. The summed E-state index contributed by atoms with van der Waals surface area (Å²) in [6.45, 7) is 5.12. The van der Waals surface area contributed by atoms with Gasteiger partial charge in [0.05, 0.1) is 5.92 Å². The van der Waals surface area contributed by atoms with Crippen LogP contribution in [0.25, 0.3) is 0 Å². The Morgan fingerprint density at radius 1 is 0.962 bits per heavy atom. The van der Waals surface area contributed by atoms with Crippen LogP contribution in [0.2, 0.25) is 0 Å². The Balaban J connectivity index is 1.47. The minimum Gasteiger partial charge on any atom is -0.334 e. The lowest BCUT2D eigenvalue weighted by Crippen LogP contribution is -2.56. The van der Waals surface area contributed by atoms with Gasteiger partial charge in [-0.2, -0.15) is 0 Å². The van der Waals surface area contributed by atoms with E-state index >= 15 is 0 Å². The average molecular weight is 348 g/mol. The molecular weight excluding hydrogens is 320 g/mol. The summed E-state index contributed by atoms with van der Waals surface area (Å²) in [7, 11) is 0. The van der Waals surface area contributed by atoms with E-state index in [1.54, 1.807) is 0 Å². The number of carbonyl (C=O) groups is 1. The molecule has 2 bridgehead atoms. The molecule has 2 saturated heterocycles. The van der Waals surface area contributed by atoms with Crippen molar-refractivity contribution in [1.29, 1.82) is 0 Å². The molecule has 2 aliphatic heterocycles. The molecular formula is C23H28N2O. The van der Waals surface area contributed by atoms with Crippen molar-refractivity contribution in [1.82, 2.24) is 9.80 Å². The predicted molar refractivity (Wildman–Crippen MR) is 105 cm³/mol. The first-order chi connectivity index (χ1) is 12.8. The van der Waals surface area contributed by atoms with Gasteiger partial charge in [0.2, 0.25) is 5.91 Å². The van der Waals surface area contributed by atoms with Crippen molar-refractivity contribution >= 4 is 5.91 Å². The Kier molecular flexibility index (Phi) is 5.07. The molecule has 3 nitrogen and oxygen atoms in total. The van der Waals surface area contributed by atoms with Crippen molar-refractivity contribution in [2.75, 3.05) is 13.1 Å². The lowest BCUT2D eigenvalue weighted by Gasteiger charge is -2.42. The monoisotopic (exact) mass is 348 g/mol. The molecule has 2 fully saturated rings. The van der Waals surface area contributed by atoms with Gasteiger partial charge in [0.25, 0.3) is 0 Å². The number of fused-ring (bicyclic) bond motifs is 2. The van der Waals surface area contributed by atoms with Gasteiger partial charge in [-0.1, -0.05) is 67.6 Å². The highest BCUT2D eigenvalue weighted by atomic mass is 16.2. The molecule has 2 aromatic rings. The van der Waals surface area contributed by atoms with Crippen molar-refractivity contribution in [2.24, 2.45) is 0 Å². The molecule has 2 heterocycles. The van der Waals surface area contributed by atoms with E-state index in [0.29, 0.717) is 18.0 Å². The molecule has 3 atom stereocenters. The largest absolute Gasteiger partial charge is 0.334 e. The predicted octanol–water partition coefficient (Wildman–Crippen LogP) is 4.06. The van der Waals surface area contributed by atoms with Gasteiger partial charge in [-0.25, -0.2) is 0 Å². The third-order valence-corrected chi connectivity index (χ3v) is 5.97. The molecule has 3 heteroatoms. The number of hydrogen-bond donors (Lipinski definition) is 0. The number of piperazine rings is 1. The van der Waals surface area contributed by atoms with Crippen LogP contribution in [0.1, 0.15) is 43.2 Å². The van der Waals surface area contributed by atoms with E-state index in [0.717, 1.165) is 44.5 Å². The molecule has 0 spiro atoms. The van der Waals surface area contributed by atoms with Gasteiger partial charge in [-0.05, 0) is 30.4 Å². The van der Waals surface area contributed by atoms with Gasteiger partial charge < -0.3 is 4.90 Å². The highest BCUT2D eigenvalue weighted by Gasteiger charge is 2.44. The van der Waals surface area contributed by atoms with E-state index in [2.05, 4.69) is 59.2 Å². The summed E-state index contributed by atoms with van der Waals surface area (Å²) in [6.07, 6.45) is 3.16. The van der Waals surface area contributed by atoms with Crippen LogP contribution < -0.4 is 0 Å². The van der Waals surface area contributed by atoms with Gasteiger partial charge in [0.15, 0.2) is 0 Å². The van der Waals surface area contributed by atoms with Gasteiger partial charge >= 0.3 is 0 Å². The zero-order valence-corrected chi connectivity index (χ0v) is 15.6. The van der Waals surface area contributed by atoms with Crippen molar-refractivity contribution in [2.45, 2.75) is 50.7 Å². The van der Waals surface area contributed by atoms with Crippen LogP contribution in [0.3, 0.4) is 0 Å². The Morgan fingerprint density at radius 2 is 1.54 bits per heavy atom. The Labute approximate surface area is 156 Å². The number of amides is 1. The first-order valence-corrected chi connectivity index (χ1v) is 9.89. The SMILES string of the molecule is CC[C@H](C(=O)N1[C@@H]2CC[C@H]1CN(Cc1ccccc1)C2)c1ccccc1. The minimum atomic E-state index is -0.0000247. The molecule has 4 rings (SSSR count). The number of hydrogen-bond acceptors (Lipinski definition) is 2. The van der Waals surface area contributed by atoms with Gasteiger partial charge in [0, 0.05) is 31.7 Å². The van der Waals surface area contributed by atoms with Crippen LogP contribution in [-0.4, -0.2) is 40.9 Å². The van der Waals surface area contributed by atoms with E-state index < -0.39 is 0 Å². The maximum atomic E-state index is 13.4. The molecule has 0 N–H and O–H groups in total. The van der Waals surface area contributed by atoms with E-state index in [4.69, 9.17) is 0 Å². The summed E-state index contributed by atoms with van der Waals surface area (Å²) in [5.74, 6) is 0.338. The third-order valence-electron chi connectivity index (χ3n) is 5.97. The molecule has 0 aliphatic carbocycles. The number of nitrogens with zero attached hydrogens (tertiary/aromatic N) is 2. The molecule has 0 unspecified atom stereocenters. The van der Waals surface area contributed by atoms with Crippen molar-refractivity contribution < 1.29 is 4.79 Å². The van der Waals surface area contributed by atoms with Crippen LogP contribution in [0.15, 0.2) is 60.7 Å². The topological polar surface area (TPSA) is 23.6 Å². The van der Waals surface area contributed by atoms with Gasteiger partial charge in [-0.3, -0.25) is 9.69 Å². The summed E-state index contributed by atoms with van der Waals surface area (Å²) < 4.78 is 0. The standard InChI is InChI=1S/C23H28N2O/c1-2-22(19-11-7-4-8-12-19)23(26)25-20-13-14-21(25)17-24(16-20)15-18-9-5-3-6-10-18/h3-12,20-22H,2,13-17H2,1H3/t20-,21+,22-/m0/s1. The molecule has 0 radical (unpaired) electrons. The normalized spacial score (nSPS) is 23.8. The van der Waals surface area contributed by atoms with Crippen LogP contribution in [0.5, 0.6) is 0 Å². The molecule has 26 heavy (non-hydrogen) atoms. The second-order valence-electron chi connectivity index (χ2n) is 7.68. The summed E-state index contributed by atoms with van der Waals surface area (Å²) >= 11 is 0. The van der Waals surface area contributed by atoms with E-state index in [1.165, 1.54) is 5.56 Å². The number of likely N-dealkylation sites (tertiary alicyclic amines) is 1. The Morgan fingerprint density at radius 3 is 2.12 bits per heavy atom. The fourth-order valence-corrected chi connectivity index (χ4v) is 4.74. The highest BCUT2D eigenvalue weighted by Crippen LogP contribution is 2.34. The van der Waals surface area contributed by atoms with Crippen LogP contribution >= 0.6 is 0 Å². The molecule has 136 valence electrons. The molecule has 1 amide bonds. The molecule has 0 saturated carbocycles. The highest BCUT2D eigenvalue weighted by molar-refractivity contribution is 5.84.